The third-order valence-electron chi connectivity index (χ3n) is 2.62. The molecule has 2 N–H and O–H groups in total. The van der Waals surface area contributed by atoms with Crippen LogP contribution >= 0.6 is 11.8 Å². The first-order chi connectivity index (χ1) is 7.24. The fraction of sp³-hybridized carbons (Fsp3) is 0.538. The number of thioether (sulfide) groups is 1. The molecule has 0 heterocycles. The molecule has 2 heteroatoms. The predicted molar refractivity (Wildman–Crippen MR) is 70.2 cm³/mol. The first-order valence-electron chi connectivity index (χ1n) is 5.62. The quantitative estimate of drug-likeness (QED) is 0.799. The molecule has 0 fully saturated rings. The van der Waals surface area contributed by atoms with Crippen LogP contribution in [0.2, 0.25) is 0 Å². The average molecular weight is 223 g/mol. The number of nitrogens with two attached hydrogens (primary N) is 1. The topological polar surface area (TPSA) is 26.0 Å². The van der Waals surface area contributed by atoms with Crippen molar-refractivity contribution in [1.29, 1.82) is 0 Å². The van der Waals surface area contributed by atoms with Crippen molar-refractivity contribution in [1.82, 2.24) is 0 Å². The monoisotopic (exact) mass is 223 g/mol. The smallest absolute Gasteiger partial charge is 0.0386 e. The Hall–Kier alpha value is -0.470. The van der Waals surface area contributed by atoms with Crippen molar-refractivity contribution in [2.24, 2.45) is 11.7 Å². The molecule has 0 aliphatic heterocycles. The van der Waals surface area contributed by atoms with Crippen LogP contribution in [0.3, 0.4) is 0 Å². The minimum atomic E-state index is 0.181. The zero-order chi connectivity index (χ0) is 11.1. The molecule has 0 aromatic heterocycles. The largest absolute Gasteiger partial charge is 0.323 e. The van der Waals surface area contributed by atoms with Gasteiger partial charge in [-0.2, -0.15) is 11.8 Å². The van der Waals surface area contributed by atoms with Crippen molar-refractivity contribution in [2.45, 2.75) is 26.3 Å². The van der Waals surface area contributed by atoms with Gasteiger partial charge in [0.25, 0.3) is 0 Å². The van der Waals surface area contributed by atoms with E-state index in [0.29, 0.717) is 0 Å². The van der Waals surface area contributed by atoms with E-state index in [1.807, 2.05) is 17.8 Å². The predicted octanol–water partition coefficient (Wildman–Crippen LogP) is 3.47. The molecule has 0 bridgehead atoms. The van der Waals surface area contributed by atoms with Crippen molar-refractivity contribution in [3.05, 3.63) is 35.9 Å². The Labute approximate surface area is 97.4 Å². The number of rotatable bonds is 6. The van der Waals surface area contributed by atoms with E-state index in [4.69, 9.17) is 5.73 Å². The SMILES string of the molecule is CCC(C)CSCC(N)c1ccccc1. The molecule has 0 aliphatic rings. The Morgan fingerprint density at radius 2 is 1.87 bits per heavy atom. The lowest BCUT2D eigenvalue weighted by Crippen LogP contribution is -2.13. The van der Waals surface area contributed by atoms with Gasteiger partial charge < -0.3 is 5.73 Å². The molecular weight excluding hydrogens is 202 g/mol. The summed E-state index contributed by atoms with van der Waals surface area (Å²) in [5.41, 5.74) is 7.35. The third kappa shape index (κ3) is 4.72. The Bertz CT molecular complexity index is 260. The van der Waals surface area contributed by atoms with Gasteiger partial charge in [-0.1, -0.05) is 50.6 Å². The maximum Gasteiger partial charge on any atom is 0.0386 e. The van der Waals surface area contributed by atoms with Gasteiger partial charge in [0.05, 0.1) is 0 Å². The van der Waals surface area contributed by atoms with E-state index in [0.717, 1.165) is 11.7 Å². The minimum Gasteiger partial charge on any atom is -0.323 e. The lowest BCUT2D eigenvalue weighted by Gasteiger charge is -2.13. The van der Waals surface area contributed by atoms with Crippen LogP contribution in [-0.2, 0) is 0 Å². The highest BCUT2D eigenvalue weighted by Gasteiger charge is 2.06. The normalized spacial score (nSPS) is 14.9. The van der Waals surface area contributed by atoms with Crippen LogP contribution < -0.4 is 5.73 Å². The Morgan fingerprint density at radius 3 is 2.47 bits per heavy atom. The molecule has 0 amide bonds. The van der Waals surface area contributed by atoms with Gasteiger partial charge >= 0.3 is 0 Å². The molecule has 1 rings (SSSR count). The van der Waals surface area contributed by atoms with Crippen LogP contribution in [0.15, 0.2) is 30.3 Å². The van der Waals surface area contributed by atoms with Crippen molar-refractivity contribution in [3.63, 3.8) is 0 Å². The average Bonchev–Trinajstić information content (AvgIpc) is 2.29. The lowest BCUT2D eigenvalue weighted by molar-refractivity contribution is 0.636. The summed E-state index contributed by atoms with van der Waals surface area (Å²) >= 11 is 1.96. The molecule has 84 valence electrons. The van der Waals surface area contributed by atoms with E-state index in [1.54, 1.807) is 0 Å². The van der Waals surface area contributed by atoms with Crippen LogP contribution in [0, 0.1) is 5.92 Å². The summed E-state index contributed by atoms with van der Waals surface area (Å²) in [5, 5.41) is 0. The van der Waals surface area contributed by atoms with Crippen molar-refractivity contribution >= 4 is 11.8 Å². The summed E-state index contributed by atoms with van der Waals surface area (Å²) in [7, 11) is 0. The van der Waals surface area contributed by atoms with E-state index in [2.05, 4.69) is 38.1 Å². The zero-order valence-electron chi connectivity index (χ0n) is 9.65. The second-order valence-corrected chi connectivity index (χ2v) is 5.14. The van der Waals surface area contributed by atoms with E-state index in [9.17, 15) is 0 Å². The van der Waals surface area contributed by atoms with Crippen molar-refractivity contribution < 1.29 is 0 Å². The summed E-state index contributed by atoms with van der Waals surface area (Å²) in [6.07, 6.45) is 1.26. The van der Waals surface area contributed by atoms with Crippen LogP contribution in [0.5, 0.6) is 0 Å². The maximum atomic E-state index is 6.10. The molecule has 1 aromatic carbocycles. The van der Waals surface area contributed by atoms with Crippen molar-refractivity contribution in [3.8, 4) is 0 Å². The third-order valence-corrected chi connectivity index (χ3v) is 4.02. The molecule has 1 nitrogen and oxygen atoms in total. The van der Waals surface area contributed by atoms with E-state index < -0.39 is 0 Å². The van der Waals surface area contributed by atoms with Gasteiger partial charge in [0, 0.05) is 11.8 Å². The van der Waals surface area contributed by atoms with Gasteiger partial charge in [0.2, 0.25) is 0 Å². The first-order valence-corrected chi connectivity index (χ1v) is 6.77. The molecule has 0 aliphatic carbocycles. The second kappa shape index (κ2) is 6.91. The Balaban J connectivity index is 2.28. The summed E-state index contributed by atoms with van der Waals surface area (Å²) in [5.74, 6) is 3.05. The van der Waals surface area contributed by atoms with E-state index in [1.165, 1.54) is 17.7 Å². The Kier molecular flexibility index (Phi) is 5.81. The van der Waals surface area contributed by atoms with Crippen LogP contribution in [-0.4, -0.2) is 11.5 Å². The number of benzene rings is 1. The van der Waals surface area contributed by atoms with Crippen LogP contribution in [0.25, 0.3) is 0 Å². The molecular formula is C13H21NS. The number of hydrogen-bond donors (Lipinski definition) is 1. The van der Waals surface area contributed by atoms with Gasteiger partial charge in [0.15, 0.2) is 0 Å². The summed E-state index contributed by atoms with van der Waals surface area (Å²) < 4.78 is 0. The van der Waals surface area contributed by atoms with Crippen LogP contribution in [0.4, 0.5) is 0 Å². The summed E-state index contributed by atoms with van der Waals surface area (Å²) in [6.45, 7) is 4.53. The second-order valence-electron chi connectivity index (χ2n) is 4.07. The van der Waals surface area contributed by atoms with Gasteiger partial charge in [0.1, 0.15) is 0 Å². The van der Waals surface area contributed by atoms with Gasteiger partial charge in [-0.3, -0.25) is 0 Å². The summed E-state index contributed by atoms with van der Waals surface area (Å²) in [6, 6.07) is 10.5. The highest BCUT2D eigenvalue weighted by molar-refractivity contribution is 7.99. The standard InChI is InChI=1S/C13H21NS/c1-3-11(2)9-15-10-13(14)12-7-5-4-6-8-12/h4-8,11,13H,3,9-10,14H2,1-2H3. The maximum absolute atomic E-state index is 6.10. The Morgan fingerprint density at radius 1 is 1.20 bits per heavy atom. The lowest BCUT2D eigenvalue weighted by atomic mass is 10.1. The molecule has 1 aromatic rings. The van der Waals surface area contributed by atoms with Crippen molar-refractivity contribution in [2.75, 3.05) is 11.5 Å². The minimum absolute atomic E-state index is 0.181. The van der Waals surface area contributed by atoms with Gasteiger partial charge in [-0.05, 0) is 17.2 Å². The molecule has 0 saturated carbocycles. The van der Waals surface area contributed by atoms with Gasteiger partial charge in [-0.25, -0.2) is 0 Å². The first kappa shape index (κ1) is 12.6. The summed E-state index contributed by atoms with van der Waals surface area (Å²) in [4.78, 5) is 0. The highest BCUT2D eigenvalue weighted by atomic mass is 32.2. The molecule has 2 unspecified atom stereocenters. The molecule has 0 spiro atoms. The number of hydrogen-bond acceptors (Lipinski definition) is 2. The molecule has 0 saturated heterocycles. The fourth-order valence-electron chi connectivity index (χ4n) is 1.31. The highest BCUT2D eigenvalue weighted by Crippen LogP contribution is 2.18. The zero-order valence-corrected chi connectivity index (χ0v) is 10.5. The van der Waals surface area contributed by atoms with E-state index >= 15 is 0 Å². The molecule has 15 heavy (non-hydrogen) atoms. The molecule has 0 radical (unpaired) electrons. The fourth-order valence-corrected chi connectivity index (χ4v) is 2.53. The van der Waals surface area contributed by atoms with Crippen LogP contribution in [0.1, 0.15) is 31.9 Å². The van der Waals surface area contributed by atoms with E-state index in [-0.39, 0.29) is 6.04 Å². The van der Waals surface area contributed by atoms with Gasteiger partial charge in [-0.15, -0.1) is 0 Å². The molecule has 2 atom stereocenters.